The second-order valence-electron chi connectivity index (χ2n) is 1.62. The van der Waals surface area contributed by atoms with Crippen molar-refractivity contribution in [1.29, 1.82) is 0 Å². The van der Waals surface area contributed by atoms with Gasteiger partial charge in [0.15, 0.2) is 0 Å². The summed E-state index contributed by atoms with van der Waals surface area (Å²) in [6, 6.07) is 4.48. The van der Waals surface area contributed by atoms with Crippen molar-refractivity contribution in [2.75, 3.05) is 0 Å². The summed E-state index contributed by atoms with van der Waals surface area (Å²) in [6.45, 7) is 0. The molecular weight excluding hydrogens is 232 g/mol. The van der Waals surface area contributed by atoms with Gasteiger partial charge in [0.05, 0.1) is 5.69 Å². The van der Waals surface area contributed by atoms with Gasteiger partial charge in [0.1, 0.15) is 5.82 Å². The molecule has 0 aliphatic carbocycles. The van der Waals surface area contributed by atoms with E-state index >= 15 is 0 Å². The van der Waals surface area contributed by atoms with Crippen molar-refractivity contribution in [1.82, 2.24) is 5.73 Å². The van der Waals surface area contributed by atoms with Crippen LogP contribution in [0.2, 0.25) is 0 Å². The molecule has 0 atom stereocenters. The lowest BCUT2D eigenvalue weighted by Gasteiger charge is -1.92. The van der Waals surface area contributed by atoms with Gasteiger partial charge in [-0.2, -0.15) is 0 Å². The highest BCUT2D eigenvalue weighted by Gasteiger charge is 1.95. The monoisotopic (exact) mass is 236 g/mol. The molecule has 1 rings (SSSR count). The van der Waals surface area contributed by atoms with E-state index in [4.69, 9.17) is 5.73 Å². The van der Waals surface area contributed by atoms with E-state index < -0.39 is 5.82 Å². The Bertz CT molecular complexity index is 224. The van der Waals surface area contributed by atoms with Gasteiger partial charge in [0.2, 0.25) is 0 Å². The molecule has 47 valence electrons. The lowest BCUT2D eigenvalue weighted by molar-refractivity contribution is 0.628. The summed E-state index contributed by atoms with van der Waals surface area (Å²) in [6.07, 6.45) is 0. The molecular formula is C6H4FIN. The number of hydrogen-bond donors (Lipinski definition) is 0. The fourth-order valence-corrected chi connectivity index (χ4v) is 0.943. The van der Waals surface area contributed by atoms with Crippen molar-refractivity contribution >= 4 is 28.3 Å². The van der Waals surface area contributed by atoms with Crippen molar-refractivity contribution in [3.63, 3.8) is 0 Å². The predicted octanol–water partition coefficient (Wildman–Crippen LogP) is 2.34. The molecule has 0 saturated heterocycles. The van der Waals surface area contributed by atoms with Crippen LogP contribution in [0.25, 0.3) is 0 Å². The average Bonchev–Trinajstić information content (AvgIpc) is 1.80. The molecule has 0 aromatic heterocycles. The summed E-state index contributed by atoms with van der Waals surface area (Å²) >= 11 is 2.00. The van der Waals surface area contributed by atoms with Gasteiger partial charge in [-0.05, 0) is 40.8 Å². The van der Waals surface area contributed by atoms with Crippen LogP contribution in [0.15, 0.2) is 18.2 Å². The fourth-order valence-electron chi connectivity index (χ4n) is 0.489. The standard InChI is InChI=1S/C6H4FIN/c7-5-3-4(8)1-2-6(5)9/h1-3,9H. The van der Waals surface area contributed by atoms with Crippen molar-refractivity contribution in [3.8, 4) is 0 Å². The van der Waals surface area contributed by atoms with Gasteiger partial charge < -0.3 is 0 Å². The van der Waals surface area contributed by atoms with Crippen LogP contribution in [0.3, 0.4) is 0 Å². The Morgan fingerprint density at radius 1 is 1.44 bits per heavy atom. The minimum atomic E-state index is -0.457. The van der Waals surface area contributed by atoms with Gasteiger partial charge in [-0.15, -0.1) is 0 Å². The number of rotatable bonds is 0. The molecule has 0 bridgehead atoms. The summed E-state index contributed by atoms with van der Waals surface area (Å²) < 4.78 is 13.2. The molecule has 0 aliphatic rings. The van der Waals surface area contributed by atoms with E-state index in [0.29, 0.717) is 0 Å². The minimum Gasteiger partial charge on any atom is -0.298 e. The van der Waals surface area contributed by atoms with Crippen molar-refractivity contribution in [2.24, 2.45) is 0 Å². The molecule has 0 heterocycles. The van der Waals surface area contributed by atoms with Crippen LogP contribution < -0.4 is 5.73 Å². The molecule has 1 nitrogen and oxygen atoms in total. The Hall–Kier alpha value is -0.320. The first-order valence-corrected chi connectivity index (χ1v) is 3.44. The van der Waals surface area contributed by atoms with Gasteiger partial charge in [0, 0.05) is 3.57 Å². The molecule has 1 radical (unpaired) electrons. The van der Waals surface area contributed by atoms with E-state index in [1.807, 2.05) is 22.6 Å². The number of hydrogen-bond acceptors (Lipinski definition) is 0. The molecule has 1 aromatic rings. The van der Waals surface area contributed by atoms with E-state index in [1.54, 1.807) is 6.07 Å². The Morgan fingerprint density at radius 2 is 2.11 bits per heavy atom. The Morgan fingerprint density at radius 3 is 2.56 bits per heavy atom. The highest BCUT2D eigenvalue weighted by atomic mass is 127. The Kier molecular flexibility index (Phi) is 1.90. The topological polar surface area (TPSA) is 23.8 Å². The molecule has 9 heavy (non-hydrogen) atoms. The number of halogens is 2. The zero-order chi connectivity index (χ0) is 6.85. The van der Waals surface area contributed by atoms with E-state index in [1.165, 1.54) is 12.1 Å². The third kappa shape index (κ3) is 1.54. The van der Waals surface area contributed by atoms with E-state index in [0.717, 1.165) is 3.57 Å². The molecule has 0 fully saturated rings. The van der Waals surface area contributed by atoms with Gasteiger partial charge in [0.25, 0.3) is 0 Å². The third-order valence-corrected chi connectivity index (χ3v) is 1.60. The average molecular weight is 236 g/mol. The van der Waals surface area contributed by atoms with Gasteiger partial charge >= 0.3 is 0 Å². The Labute approximate surface area is 66.2 Å². The quantitative estimate of drug-likeness (QED) is 0.617. The summed E-state index contributed by atoms with van der Waals surface area (Å²) in [7, 11) is 0. The SMILES string of the molecule is [NH]c1ccc(I)cc1F. The fraction of sp³-hybridized carbons (Fsp3) is 0. The number of nitrogens with one attached hydrogen (secondary N) is 1. The lowest BCUT2D eigenvalue weighted by atomic mass is 10.3. The maximum atomic E-state index is 12.4. The van der Waals surface area contributed by atoms with Gasteiger partial charge in [-0.1, -0.05) is 0 Å². The normalized spacial score (nSPS) is 9.56. The third-order valence-electron chi connectivity index (χ3n) is 0.931. The van der Waals surface area contributed by atoms with Crippen molar-refractivity contribution in [3.05, 3.63) is 27.6 Å². The van der Waals surface area contributed by atoms with E-state index in [-0.39, 0.29) is 5.69 Å². The van der Waals surface area contributed by atoms with Crippen LogP contribution in [0.5, 0.6) is 0 Å². The minimum absolute atomic E-state index is 0.0459. The van der Waals surface area contributed by atoms with Gasteiger partial charge in [-0.3, -0.25) is 5.73 Å². The highest BCUT2D eigenvalue weighted by molar-refractivity contribution is 14.1. The van der Waals surface area contributed by atoms with Crippen molar-refractivity contribution in [2.45, 2.75) is 0 Å². The molecule has 0 aliphatic heterocycles. The smallest absolute Gasteiger partial charge is 0.149 e. The first-order valence-electron chi connectivity index (χ1n) is 2.37. The summed E-state index contributed by atoms with van der Waals surface area (Å²) in [4.78, 5) is 0. The highest BCUT2D eigenvalue weighted by Crippen LogP contribution is 2.14. The largest absolute Gasteiger partial charge is 0.298 e. The molecule has 1 aromatic carbocycles. The van der Waals surface area contributed by atoms with Crippen LogP contribution in [0.4, 0.5) is 10.1 Å². The molecule has 0 saturated carbocycles. The van der Waals surface area contributed by atoms with Crippen LogP contribution in [0.1, 0.15) is 0 Å². The maximum Gasteiger partial charge on any atom is 0.149 e. The van der Waals surface area contributed by atoms with E-state index in [9.17, 15) is 4.39 Å². The lowest BCUT2D eigenvalue weighted by Crippen LogP contribution is -1.78. The van der Waals surface area contributed by atoms with Crippen LogP contribution in [0, 0.1) is 9.39 Å². The first-order chi connectivity index (χ1) is 4.20. The summed E-state index contributed by atoms with van der Waals surface area (Å²) in [5.74, 6) is -0.457. The van der Waals surface area contributed by atoms with Crippen LogP contribution in [-0.4, -0.2) is 0 Å². The van der Waals surface area contributed by atoms with Crippen molar-refractivity contribution < 1.29 is 4.39 Å². The molecule has 1 N–H and O–H groups in total. The van der Waals surface area contributed by atoms with Gasteiger partial charge in [-0.25, -0.2) is 4.39 Å². The van der Waals surface area contributed by atoms with E-state index in [2.05, 4.69) is 0 Å². The Balaban J connectivity index is 3.17. The number of benzene rings is 1. The second-order valence-corrected chi connectivity index (χ2v) is 2.87. The maximum absolute atomic E-state index is 12.4. The van der Waals surface area contributed by atoms with Crippen LogP contribution in [-0.2, 0) is 0 Å². The summed E-state index contributed by atoms with van der Waals surface area (Å²) in [5, 5.41) is 0. The predicted molar refractivity (Wildman–Crippen MR) is 41.9 cm³/mol. The second kappa shape index (κ2) is 2.51. The molecule has 0 spiro atoms. The first kappa shape index (κ1) is 6.80. The summed E-state index contributed by atoms with van der Waals surface area (Å²) in [5.41, 5.74) is 6.89. The molecule has 3 heteroatoms. The zero-order valence-corrected chi connectivity index (χ0v) is 6.65. The van der Waals surface area contributed by atoms with Crippen LogP contribution >= 0.6 is 22.6 Å². The molecule has 0 amide bonds. The zero-order valence-electron chi connectivity index (χ0n) is 4.49. The molecule has 0 unspecified atom stereocenters.